The first-order valence-corrected chi connectivity index (χ1v) is 14.2. The van der Waals surface area contributed by atoms with Gasteiger partial charge >= 0.3 is 11.9 Å². The molecule has 3 aliphatic rings. The number of rotatable bonds is 8. The Hall–Kier alpha value is -3.17. The van der Waals surface area contributed by atoms with Crippen LogP contribution in [-0.2, 0) is 38.2 Å². The first kappa shape index (κ1) is 28.8. The lowest BCUT2D eigenvalue weighted by molar-refractivity contribution is -0.173. The quantitative estimate of drug-likeness (QED) is 0.149. The highest BCUT2D eigenvalue weighted by Gasteiger charge is 2.55. The molecule has 2 amide bonds. The third-order valence-electron chi connectivity index (χ3n) is 6.20. The average molecular weight is 582 g/mol. The lowest BCUT2D eigenvalue weighted by Gasteiger charge is -2.50. The monoisotopic (exact) mass is 581 g/mol. The molecule has 0 saturated carbocycles. The van der Waals surface area contributed by atoms with Crippen molar-refractivity contribution >= 4 is 57.7 Å². The number of β-lactam (4-membered cyclic amide) rings is 1. The fraction of sp³-hybridized carbons (Fsp3) is 0.583. The summed E-state index contributed by atoms with van der Waals surface area (Å²) in [5.74, 6) is -2.12. The van der Waals surface area contributed by atoms with Crippen molar-refractivity contribution in [3.63, 3.8) is 0 Å². The van der Waals surface area contributed by atoms with Crippen LogP contribution in [0.4, 0.5) is 5.13 Å². The van der Waals surface area contributed by atoms with Crippen LogP contribution in [0.5, 0.6) is 0 Å². The molecule has 0 bridgehead atoms. The van der Waals surface area contributed by atoms with Gasteiger partial charge in [-0.25, -0.2) is 9.78 Å². The molecule has 4 rings (SSSR count). The van der Waals surface area contributed by atoms with Crippen LogP contribution in [0.3, 0.4) is 0 Å². The van der Waals surface area contributed by atoms with Gasteiger partial charge in [0.05, 0.1) is 11.5 Å². The summed E-state index contributed by atoms with van der Waals surface area (Å²) in [7, 11) is 1.28. The number of carbonyl (C=O) groups is 4. The Kier molecular flexibility index (Phi) is 8.81. The number of nitrogens with one attached hydrogen (secondary N) is 1. The molecule has 15 heteroatoms. The molecule has 0 aliphatic carbocycles. The molecule has 3 atom stereocenters. The van der Waals surface area contributed by atoms with Gasteiger partial charge < -0.3 is 30.1 Å². The van der Waals surface area contributed by atoms with Crippen molar-refractivity contribution in [3.8, 4) is 0 Å². The predicted molar refractivity (Wildman–Crippen MR) is 142 cm³/mol. The van der Waals surface area contributed by atoms with E-state index < -0.39 is 47.4 Å². The summed E-state index contributed by atoms with van der Waals surface area (Å²) < 4.78 is 16.3. The number of hydrogen-bond donors (Lipinski definition) is 2. The number of oxime groups is 1. The van der Waals surface area contributed by atoms with Gasteiger partial charge in [-0.3, -0.25) is 19.3 Å². The van der Waals surface area contributed by atoms with Crippen LogP contribution < -0.4 is 11.1 Å². The number of aromatic nitrogens is 1. The standard InChI is InChI=1S/C24H31N5O8S2/c1-24(2,3)22(33)37-11-36-21(32)17-12(14-7-5-6-8-35-14)9-38-20-16(19(31)29(17)20)27-18(30)15(28-34-4)13-10-39-23(25)26-13/h10,14,16,20H,5-9,11H2,1-4H3,(H2,25,26)(H,27,30)/t14?,16-,20-/m1/s1. The number of carbonyl (C=O) groups excluding carboxylic acids is 4. The number of nitrogen functional groups attached to an aromatic ring is 1. The molecular formula is C24H31N5O8S2. The van der Waals surface area contributed by atoms with E-state index in [9.17, 15) is 19.2 Å². The van der Waals surface area contributed by atoms with Gasteiger partial charge in [-0.05, 0) is 45.6 Å². The summed E-state index contributed by atoms with van der Waals surface area (Å²) in [6.07, 6.45) is 2.19. The van der Waals surface area contributed by atoms with Crippen molar-refractivity contribution in [2.45, 2.75) is 57.6 Å². The number of amides is 2. The molecule has 2 fully saturated rings. The Balaban J connectivity index is 1.52. The lowest BCUT2D eigenvalue weighted by Crippen LogP contribution is -2.71. The van der Waals surface area contributed by atoms with Gasteiger partial charge in [-0.2, -0.15) is 0 Å². The van der Waals surface area contributed by atoms with E-state index in [-0.39, 0.29) is 28.3 Å². The minimum absolute atomic E-state index is 0.0611. The minimum atomic E-state index is -0.934. The molecule has 212 valence electrons. The number of fused-ring (bicyclic) bond motifs is 1. The summed E-state index contributed by atoms with van der Waals surface area (Å²) >= 11 is 2.53. The van der Waals surface area contributed by atoms with E-state index in [0.29, 0.717) is 24.4 Å². The van der Waals surface area contributed by atoms with Crippen LogP contribution in [-0.4, -0.2) is 83.1 Å². The van der Waals surface area contributed by atoms with E-state index in [0.717, 1.165) is 24.2 Å². The SMILES string of the molecule is CON=C(C(=O)N[C@@H]1C(=O)N2C(C(=O)OCOC(=O)C(C)(C)C)=C(C3CCCCO3)CS[C@H]12)c1csc(N)n1. The van der Waals surface area contributed by atoms with Crippen molar-refractivity contribution in [1.82, 2.24) is 15.2 Å². The van der Waals surface area contributed by atoms with Gasteiger partial charge in [0.25, 0.3) is 11.8 Å². The zero-order valence-corrected chi connectivity index (χ0v) is 23.7. The maximum Gasteiger partial charge on any atom is 0.358 e. The highest BCUT2D eigenvalue weighted by Crippen LogP contribution is 2.43. The molecule has 1 aromatic rings. The molecule has 1 aromatic heterocycles. The van der Waals surface area contributed by atoms with Crippen LogP contribution in [0.15, 0.2) is 21.8 Å². The largest absolute Gasteiger partial charge is 0.427 e. The highest BCUT2D eigenvalue weighted by atomic mass is 32.2. The van der Waals surface area contributed by atoms with Gasteiger partial charge in [0.2, 0.25) is 6.79 Å². The summed E-state index contributed by atoms with van der Waals surface area (Å²) in [5.41, 5.74) is 5.69. The van der Waals surface area contributed by atoms with Crippen molar-refractivity contribution < 1.29 is 38.2 Å². The van der Waals surface area contributed by atoms with Gasteiger partial charge in [-0.15, -0.1) is 23.1 Å². The number of thiazole rings is 1. The second-order valence-corrected chi connectivity index (χ2v) is 12.0. The van der Waals surface area contributed by atoms with Gasteiger partial charge in [0, 0.05) is 17.7 Å². The van der Waals surface area contributed by atoms with Crippen molar-refractivity contribution in [3.05, 3.63) is 22.3 Å². The topological polar surface area (TPSA) is 172 Å². The smallest absolute Gasteiger partial charge is 0.358 e. The fourth-order valence-electron chi connectivity index (χ4n) is 4.22. The number of ether oxygens (including phenoxy) is 3. The number of esters is 2. The zero-order valence-electron chi connectivity index (χ0n) is 22.1. The molecule has 4 heterocycles. The van der Waals surface area contributed by atoms with E-state index in [1.807, 2.05) is 0 Å². The lowest BCUT2D eigenvalue weighted by atomic mass is 9.96. The first-order valence-electron chi connectivity index (χ1n) is 12.3. The molecule has 2 saturated heterocycles. The number of nitrogens with two attached hydrogens (primary N) is 1. The maximum atomic E-state index is 13.3. The van der Waals surface area contributed by atoms with Gasteiger partial charge in [0.1, 0.15) is 29.9 Å². The Bertz CT molecular complexity index is 1200. The molecule has 0 aromatic carbocycles. The Morgan fingerprint density at radius 3 is 2.67 bits per heavy atom. The number of nitrogens with zero attached hydrogens (tertiary/aromatic N) is 3. The summed E-state index contributed by atoms with van der Waals surface area (Å²) in [4.78, 5) is 61.9. The third kappa shape index (κ3) is 6.20. The molecule has 0 radical (unpaired) electrons. The summed E-state index contributed by atoms with van der Waals surface area (Å²) in [6.45, 7) is 5.00. The number of hydrogen-bond acceptors (Lipinski definition) is 13. The Morgan fingerprint density at radius 1 is 1.28 bits per heavy atom. The van der Waals surface area contributed by atoms with Crippen LogP contribution in [0.1, 0.15) is 45.7 Å². The van der Waals surface area contributed by atoms with Crippen molar-refractivity contribution in [2.75, 3.05) is 32.0 Å². The average Bonchev–Trinajstić information content (AvgIpc) is 3.34. The van der Waals surface area contributed by atoms with E-state index in [1.165, 1.54) is 23.8 Å². The first-order chi connectivity index (χ1) is 18.5. The van der Waals surface area contributed by atoms with Crippen LogP contribution >= 0.6 is 23.1 Å². The molecule has 3 aliphatic heterocycles. The van der Waals surface area contributed by atoms with Gasteiger partial charge in [0.15, 0.2) is 10.8 Å². The molecule has 3 N–H and O–H groups in total. The fourth-order valence-corrected chi connectivity index (χ4v) is 6.17. The molecule has 0 spiro atoms. The van der Waals surface area contributed by atoms with Crippen LogP contribution in [0, 0.1) is 5.41 Å². The Labute approximate surface area is 233 Å². The van der Waals surface area contributed by atoms with E-state index in [2.05, 4.69) is 15.5 Å². The second kappa shape index (κ2) is 11.9. The number of anilines is 1. The van der Waals surface area contributed by atoms with E-state index in [4.69, 9.17) is 24.8 Å². The van der Waals surface area contributed by atoms with Gasteiger partial charge in [-0.1, -0.05) is 5.16 Å². The third-order valence-corrected chi connectivity index (χ3v) is 8.18. The van der Waals surface area contributed by atoms with E-state index >= 15 is 0 Å². The van der Waals surface area contributed by atoms with Crippen LogP contribution in [0.2, 0.25) is 0 Å². The molecule has 13 nitrogen and oxygen atoms in total. The van der Waals surface area contributed by atoms with E-state index in [1.54, 1.807) is 26.2 Å². The maximum absolute atomic E-state index is 13.3. The molecule has 39 heavy (non-hydrogen) atoms. The highest BCUT2D eigenvalue weighted by molar-refractivity contribution is 8.00. The second-order valence-electron chi connectivity index (χ2n) is 10.0. The summed E-state index contributed by atoms with van der Waals surface area (Å²) in [5, 5.41) is 7.65. The predicted octanol–water partition coefficient (Wildman–Crippen LogP) is 1.39. The van der Waals surface area contributed by atoms with Crippen LogP contribution in [0.25, 0.3) is 0 Å². The van der Waals surface area contributed by atoms with Crippen molar-refractivity contribution in [2.24, 2.45) is 10.6 Å². The number of thioether (sulfide) groups is 1. The van der Waals surface area contributed by atoms with Crippen molar-refractivity contribution in [1.29, 1.82) is 0 Å². The summed E-state index contributed by atoms with van der Waals surface area (Å²) in [6, 6.07) is -0.934. The molecule has 1 unspecified atom stereocenters. The zero-order chi connectivity index (χ0) is 28.3. The molecular weight excluding hydrogens is 550 g/mol. The normalized spacial score (nSPS) is 23.5. The Morgan fingerprint density at radius 2 is 2.05 bits per heavy atom. The minimum Gasteiger partial charge on any atom is -0.427 e.